The predicted molar refractivity (Wildman–Crippen MR) is 164 cm³/mol. The highest BCUT2D eigenvalue weighted by molar-refractivity contribution is 7.41. The standard InChI is InChI=1S/C31H56N3O6P/c1-6-8-9-10-11-12-13-14-15-16-17-18-19-22-28(35)31(7-2,34-29(36)40-30(3,4)5)27-39-41(37-25-20-23-32)38-26-21-24-33/h7,28,35H,2,6,8-22,25-27H2,1,3-5H3,(H,34,36)/i27T2,28T. The summed E-state index contributed by atoms with van der Waals surface area (Å²) in [4.78, 5) is 12.9. The molecule has 0 aliphatic rings. The molecule has 0 fully saturated rings. The molecule has 0 aromatic heterocycles. The molecule has 0 rings (SSSR count). The summed E-state index contributed by atoms with van der Waals surface area (Å²) in [5.74, 6) is 0. The van der Waals surface area contributed by atoms with Gasteiger partial charge in [0, 0.05) is 0 Å². The quantitative estimate of drug-likeness (QED) is 0.0572. The van der Waals surface area contributed by atoms with Crippen LogP contribution in [0.15, 0.2) is 12.7 Å². The van der Waals surface area contributed by atoms with Crippen LogP contribution in [0.5, 0.6) is 0 Å². The van der Waals surface area contributed by atoms with Gasteiger partial charge in [-0.25, -0.2) is 4.79 Å². The Labute approximate surface area is 255 Å². The van der Waals surface area contributed by atoms with Gasteiger partial charge in [-0.2, -0.15) is 10.5 Å². The van der Waals surface area contributed by atoms with E-state index in [9.17, 15) is 9.90 Å². The Morgan fingerprint density at radius 1 is 0.951 bits per heavy atom. The van der Waals surface area contributed by atoms with Crippen LogP contribution in [0, 0.1) is 22.7 Å². The van der Waals surface area contributed by atoms with Crippen LogP contribution >= 0.6 is 8.60 Å². The lowest BCUT2D eigenvalue weighted by atomic mass is 9.89. The van der Waals surface area contributed by atoms with Crippen molar-refractivity contribution in [3.63, 3.8) is 0 Å². The number of alkyl carbamates (subject to hydrolysis) is 1. The van der Waals surface area contributed by atoms with E-state index < -0.39 is 38.5 Å². The predicted octanol–water partition coefficient (Wildman–Crippen LogP) is 8.38. The van der Waals surface area contributed by atoms with Crippen molar-refractivity contribution in [1.82, 2.24) is 5.32 Å². The lowest BCUT2D eigenvalue weighted by molar-refractivity contribution is 0.0133. The number of ether oxygens (including phenoxy) is 1. The molecule has 0 radical (unpaired) electrons. The summed E-state index contributed by atoms with van der Waals surface area (Å²) in [5.41, 5.74) is -3.47. The first-order valence-corrected chi connectivity index (χ1v) is 16.2. The molecule has 0 aliphatic carbocycles. The van der Waals surface area contributed by atoms with Gasteiger partial charge in [-0.05, 0) is 27.2 Å². The van der Waals surface area contributed by atoms with Crippen molar-refractivity contribution in [2.45, 2.75) is 148 Å². The Hall–Kier alpha value is -1.74. The number of nitrogens with zero attached hydrogens (tertiary/aromatic N) is 2. The van der Waals surface area contributed by atoms with Crippen LogP contribution in [0.2, 0.25) is 0 Å². The van der Waals surface area contributed by atoms with Gasteiger partial charge in [0.15, 0.2) is 0 Å². The van der Waals surface area contributed by atoms with Crippen LogP contribution < -0.4 is 5.32 Å². The summed E-state index contributed by atoms with van der Waals surface area (Å²) in [6.07, 6.45) is 11.3. The van der Waals surface area contributed by atoms with Crippen LogP contribution in [0.3, 0.4) is 0 Å². The second kappa shape index (κ2) is 24.8. The van der Waals surface area contributed by atoms with Crippen LogP contribution in [-0.4, -0.2) is 48.2 Å². The second-order valence-corrected chi connectivity index (χ2v) is 12.1. The Morgan fingerprint density at radius 3 is 1.83 bits per heavy atom. The van der Waals surface area contributed by atoms with Gasteiger partial charge in [0.05, 0.1) is 54.9 Å². The fraction of sp³-hybridized carbons (Fsp3) is 0.839. The van der Waals surface area contributed by atoms with Crippen molar-refractivity contribution >= 4 is 14.7 Å². The normalized spacial score (nSPS) is 15.9. The lowest BCUT2D eigenvalue weighted by Gasteiger charge is -2.37. The number of nitriles is 2. The molecule has 41 heavy (non-hydrogen) atoms. The van der Waals surface area contributed by atoms with Gasteiger partial charge >= 0.3 is 14.7 Å². The van der Waals surface area contributed by atoms with Crippen LogP contribution in [-0.2, 0) is 18.3 Å². The average Bonchev–Trinajstić information content (AvgIpc) is 2.93. The zero-order valence-corrected chi connectivity index (χ0v) is 26.7. The van der Waals surface area contributed by atoms with Crippen LogP contribution in [0.4, 0.5) is 4.79 Å². The van der Waals surface area contributed by atoms with E-state index in [0.717, 1.165) is 25.3 Å². The summed E-state index contributed by atoms with van der Waals surface area (Å²) in [7, 11) is -2.48. The first-order chi connectivity index (χ1) is 20.7. The summed E-state index contributed by atoms with van der Waals surface area (Å²) < 4.78 is 48.2. The molecule has 9 nitrogen and oxygen atoms in total. The number of unbranched alkanes of at least 4 members (excludes halogenated alkanes) is 12. The minimum absolute atomic E-state index is 0.0308. The molecule has 236 valence electrons. The van der Waals surface area contributed by atoms with Crippen molar-refractivity contribution in [1.29, 1.82) is 10.5 Å². The number of hydrogen-bond donors (Lipinski definition) is 2. The van der Waals surface area contributed by atoms with Crippen LogP contribution in [0.25, 0.3) is 0 Å². The van der Waals surface area contributed by atoms with E-state index in [1.54, 1.807) is 20.8 Å². The maximum Gasteiger partial charge on any atom is 0.408 e. The van der Waals surface area contributed by atoms with Crippen molar-refractivity contribution in [2.75, 3.05) is 19.8 Å². The molecule has 0 bridgehead atoms. The molecule has 0 saturated heterocycles. The summed E-state index contributed by atoms with van der Waals surface area (Å²) in [5, 5.41) is 31.5. The van der Waals surface area contributed by atoms with E-state index in [4.69, 9.17) is 32.9 Å². The summed E-state index contributed by atoms with van der Waals surface area (Å²) in [6.45, 7) is 7.47. The Morgan fingerprint density at radius 2 is 1.41 bits per heavy atom. The SMILES string of the molecule is [3H]C(O)(CCCCCCCCCCCCCCC)C(C=C)(NC(=O)OC(C)(C)C)C([3H])([3H])OP(OCCC#N)OCCC#N. The van der Waals surface area contributed by atoms with Gasteiger partial charge in [-0.3, -0.25) is 0 Å². The molecule has 10 heteroatoms. The van der Waals surface area contributed by atoms with Crippen LogP contribution in [0.1, 0.15) is 135 Å². The lowest BCUT2D eigenvalue weighted by Crippen LogP contribution is -2.59. The molecule has 2 unspecified atom stereocenters. The fourth-order valence-electron chi connectivity index (χ4n) is 3.87. The molecule has 0 aromatic carbocycles. The molecule has 0 saturated carbocycles. The van der Waals surface area contributed by atoms with Crippen molar-refractivity contribution in [3.05, 3.63) is 12.7 Å². The Bertz CT molecular complexity index is 872. The molecule has 0 aliphatic heterocycles. The highest BCUT2D eigenvalue weighted by Gasteiger charge is 2.39. The smallest absolute Gasteiger partial charge is 0.408 e. The zero-order chi connectivity index (χ0) is 33.5. The molecular weight excluding hydrogens is 541 g/mol. The minimum atomic E-state index is -3.00. The highest BCUT2D eigenvalue weighted by Crippen LogP contribution is 2.41. The number of nitrogens with one attached hydrogen (secondary N) is 1. The Kier molecular flexibility index (Phi) is 20.4. The van der Waals surface area contributed by atoms with Crippen molar-refractivity contribution < 1.29 is 32.3 Å². The monoisotopic (exact) mass is 603 g/mol. The maximum absolute atomic E-state index is 12.9. The third-order valence-corrected chi connectivity index (χ3v) is 7.11. The zero-order valence-electron chi connectivity index (χ0n) is 28.8. The molecule has 0 spiro atoms. The minimum Gasteiger partial charge on any atom is -0.444 e. The van der Waals surface area contributed by atoms with Crippen molar-refractivity contribution in [2.24, 2.45) is 0 Å². The molecule has 0 heterocycles. The van der Waals surface area contributed by atoms with E-state index in [2.05, 4.69) is 18.8 Å². The Balaban J connectivity index is 5.50. The third-order valence-electron chi connectivity index (χ3n) is 6.08. The number of amides is 1. The van der Waals surface area contributed by atoms with Gasteiger partial charge in [0.2, 0.25) is 0 Å². The van der Waals surface area contributed by atoms with Crippen molar-refractivity contribution in [3.8, 4) is 12.1 Å². The first kappa shape index (κ1) is 33.8. The fourth-order valence-corrected chi connectivity index (χ4v) is 4.75. The van der Waals surface area contributed by atoms with E-state index in [1.807, 2.05) is 12.1 Å². The molecule has 1 amide bonds. The highest BCUT2D eigenvalue weighted by atomic mass is 31.2. The molecule has 2 atom stereocenters. The number of rotatable bonds is 26. The van der Waals surface area contributed by atoms with Gasteiger partial charge < -0.3 is 28.7 Å². The van der Waals surface area contributed by atoms with E-state index in [1.165, 1.54) is 51.4 Å². The number of carbonyl (C=O) groups excluding carboxylic acids is 1. The van der Waals surface area contributed by atoms with Gasteiger partial charge in [0.1, 0.15) is 11.1 Å². The molecule has 0 aromatic rings. The third kappa shape index (κ3) is 21.6. The largest absolute Gasteiger partial charge is 0.444 e. The first-order valence-electron chi connectivity index (χ1n) is 16.6. The van der Waals surface area contributed by atoms with E-state index >= 15 is 0 Å². The van der Waals surface area contributed by atoms with E-state index in [0.29, 0.717) is 12.8 Å². The van der Waals surface area contributed by atoms with Gasteiger partial charge in [-0.15, -0.1) is 6.58 Å². The topological polar surface area (TPSA) is 134 Å². The van der Waals surface area contributed by atoms with Gasteiger partial charge in [-0.1, -0.05) is 96.5 Å². The average molecular weight is 604 g/mol. The maximum atomic E-state index is 12.9. The molecular formula is C31H56N3O6P. The second-order valence-electron chi connectivity index (χ2n) is 11.0. The van der Waals surface area contributed by atoms with Gasteiger partial charge in [0.25, 0.3) is 0 Å². The number of aliphatic hydroxyl groups is 1. The van der Waals surface area contributed by atoms with E-state index in [-0.39, 0.29) is 32.5 Å². The number of hydrogen-bond acceptors (Lipinski definition) is 8. The summed E-state index contributed by atoms with van der Waals surface area (Å²) in [6, 6.07) is 3.79. The molecule has 2 N–H and O–H groups in total. The summed E-state index contributed by atoms with van der Waals surface area (Å²) >= 11 is 0. The number of carbonyl (C=O) groups is 1.